The molecule has 0 radical (unpaired) electrons. The highest BCUT2D eigenvalue weighted by atomic mass is 32.1. The zero-order valence-corrected chi connectivity index (χ0v) is 23.8. The number of carbonyl (C=O) groups is 1. The maximum Gasteiger partial charge on any atom is 0.226 e. The third kappa shape index (κ3) is 6.81. The van der Waals surface area contributed by atoms with Crippen molar-refractivity contribution in [3.63, 3.8) is 0 Å². The molecule has 1 aromatic carbocycles. The van der Waals surface area contributed by atoms with Gasteiger partial charge in [0.15, 0.2) is 0 Å². The highest BCUT2D eigenvalue weighted by Crippen LogP contribution is 2.45. The van der Waals surface area contributed by atoms with Gasteiger partial charge in [-0.15, -0.1) is 22.7 Å². The molecule has 0 atom stereocenters. The summed E-state index contributed by atoms with van der Waals surface area (Å²) in [5.41, 5.74) is 5.26. The number of benzene rings is 1. The third-order valence-corrected chi connectivity index (χ3v) is 8.60. The molecule has 3 N–H and O–H groups in total. The quantitative estimate of drug-likeness (QED) is 0.205. The van der Waals surface area contributed by atoms with Crippen molar-refractivity contribution in [1.29, 1.82) is 0 Å². The van der Waals surface area contributed by atoms with Gasteiger partial charge in [-0.25, -0.2) is 4.98 Å². The van der Waals surface area contributed by atoms with Crippen LogP contribution in [0.3, 0.4) is 0 Å². The number of pyridine rings is 1. The van der Waals surface area contributed by atoms with Gasteiger partial charge in [0.1, 0.15) is 22.4 Å². The van der Waals surface area contributed by atoms with Crippen molar-refractivity contribution in [3.8, 4) is 27.4 Å². The molecule has 0 saturated heterocycles. The summed E-state index contributed by atoms with van der Waals surface area (Å²) in [4.78, 5) is 23.5. The van der Waals surface area contributed by atoms with Gasteiger partial charge >= 0.3 is 0 Å². The summed E-state index contributed by atoms with van der Waals surface area (Å²) in [7, 11) is 3.32. The molecule has 1 aliphatic rings. The molecule has 0 fully saturated rings. The zero-order valence-electron chi connectivity index (χ0n) is 22.2. The Kier molecular flexibility index (Phi) is 9.51. The lowest BCUT2D eigenvalue weighted by atomic mass is 10.0. The summed E-state index contributed by atoms with van der Waals surface area (Å²) in [6.45, 7) is 4.68. The maximum absolute atomic E-state index is 12.8. The molecule has 0 saturated carbocycles. The molecule has 1 aliphatic heterocycles. The van der Waals surface area contributed by atoms with Gasteiger partial charge in [0.25, 0.3) is 0 Å². The van der Waals surface area contributed by atoms with Gasteiger partial charge in [0, 0.05) is 62.5 Å². The van der Waals surface area contributed by atoms with Crippen molar-refractivity contribution in [2.24, 2.45) is 0 Å². The summed E-state index contributed by atoms with van der Waals surface area (Å²) in [5, 5.41) is 11.7. The molecule has 0 unspecified atom stereocenters. The number of aromatic nitrogens is 2. The van der Waals surface area contributed by atoms with E-state index in [0.717, 1.165) is 63.0 Å². The minimum Gasteiger partial charge on any atom is -0.490 e. The second-order valence-corrected chi connectivity index (χ2v) is 11.3. The third-order valence-electron chi connectivity index (χ3n) is 6.40. The Morgan fingerprint density at radius 3 is 2.82 bits per heavy atom. The van der Waals surface area contributed by atoms with Gasteiger partial charge in [-0.05, 0) is 42.3 Å². The van der Waals surface area contributed by atoms with E-state index in [2.05, 4.69) is 39.1 Å². The number of hydrogen-bond acceptors (Lipinski definition) is 10. The van der Waals surface area contributed by atoms with Crippen LogP contribution < -0.4 is 20.7 Å². The molecule has 3 aromatic heterocycles. The van der Waals surface area contributed by atoms with Gasteiger partial charge in [0.2, 0.25) is 5.91 Å². The van der Waals surface area contributed by atoms with Crippen LogP contribution in [0.4, 0.5) is 5.00 Å². The fourth-order valence-electron chi connectivity index (χ4n) is 4.45. The predicted molar refractivity (Wildman–Crippen MR) is 157 cm³/mol. The molecule has 39 heavy (non-hydrogen) atoms. The van der Waals surface area contributed by atoms with Gasteiger partial charge in [-0.2, -0.15) is 0 Å². The van der Waals surface area contributed by atoms with Crippen molar-refractivity contribution >= 4 is 43.8 Å². The first kappa shape index (κ1) is 27.6. The number of hydrogen-bond donors (Lipinski definition) is 3. The van der Waals surface area contributed by atoms with E-state index in [1.54, 1.807) is 43.1 Å². The molecule has 4 heterocycles. The minimum absolute atomic E-state index is 0.00350. The fraction of sp³-hybridized carbons (Fsp3) is 0.393. The monoisotopic (exact) mass is 567 g/mol. The molecule has 9 nitrogen and oxygen atoms in total. The highest BCUT2D eigenvalue weighted by molar-refractivity contribution is 7.23. The van der Waals surface area contributed by atoms with E-state index >= 15 is 0 Å². The van der Waals surface area contributed by atoms with E-state index in [-0.39, 0.29) is 5.91 Å². The van der Waals surface area contributed by atoms with Crippen LogP contribution in [0, 0.1) is 0 Å². The van der Waals surface area contributed by atoms with Crippen molar-refractivity contribution in [2.75, 3.05) is 59.0 Å². The predicted octanol–water partition coefficient (Wildman–Crippen LogP) is 4.32. The number of thiophene rings is 1. The molecule has 206 valence electrons. The number of ether oxygens (including phenoxy) is 3. The van der Waals surface area contributed by atoms with Crippen molar-refractivity contribution in [2.45, 2.75) is 19.4 Å². The van der Waals surface area contributed by atoms with Crippen LogP contribution in [0.1, 0.15) is 16.9 Å². The first-order valence-corrected chi connectivity index (χ1v) is 14.6. The van der Waals surface area contributed by atoms with Crippen LogP contribution in [0.5, 0.6) is 5.75 Å². The number of thiazole rings is 1. The highest BCUT2D eigenvalue weighted by Gasteiger charge is 2.25. The molecular formula is C28H33N5O4S2. The number of amides is 1. The topological polar surface area (TPSA) is 107 Å². The van der Waals surface area contributed by atoms with E-state index in [1.165, 1.54) is 10.4 Å². The van der Waals surface area contributed by atoms with Gasteiger partial charge in [-0.3, -0.25) is 9.78 Å². The standard InChI is InChI=1S/C28H33N5O4S2/c1-35-10-9-29-8-6-25(34)33-28-26(21-5-7-30-17-24(21)39-28)27-32-22-14-18(3-4-23(22)38-27)19-13-20(16-31-15-19)37-12-11-36-2/h3-4,13-16,29-30H,5-12,17H2,1-2H3,(H,33,34). The number of methoxy groups -OCH3 is 2. The largest absolute Gasteiger partial charge is 0.490 e. The van der Waals surface area contributed by atoms with Crippen LogP contribution in [-0.4, -0.2) is 69.5 Å². The van der Waals surface area contributed by atoms with Crippen LogP contribution in [0.15, 0.2) is 36.7 Å². The zero-order chi connectivity index (χ0) is 27.0. The van der Waals surface area contributed by atoms with Crippen LogP contribution in [-0.2, 0) is 27.2 Å². The van der Waals surface area contributed by atoms with E-state index in [9.17, 15) is 4.79 Å². The summed E-state index contributed by atoms with van der Waals surface area (Å²) < 4.78 is 17.0. The number of fused-ring (bicyclic) bond motifs is 2. The van der Waals surface area contributed by atoms with Crippen LogP contribution >= 0.6 is 22.7 Å². The first-order chi connectivity index (χ1) is 19.2. The maximum atomic E-state index is 12.8. The molecule has 4 aromatic rings. The molecule has 1 amide bonds. The van der Waals surface area contributed by atoms with E-state index < -0.39 is 0 Å². The smallest absolute Gasteiger partial charge is 0.226 e. The Balaban J connectivity index is 1.39. The van der Waals surface area contributed by atoms with Crippen LogP contribution in [0.2, 0.25) is 0 Å². The summed E-state index contributed by atoms with van der Waals surface area (Å²) >= 11 is 3.31. The van der Waals surface area contributed by atoms with Crippen molar-refractivity contribution in [3.05, 3.63) is 47.1 Å². The number of nitrogens with one attached hydrogen (secondary N) is 3. The lowest BCUT2D eigenvalue weighted by Crippen LogP contribution is -2.24. The lowest BCUT2D eigenvalue weighted by Gasteiger charge is -2.13. The normalized spacial score (nSPS) is 13.0. The second kappa shape index (κ2) is 13.4. The summed E-state index contributed by atoms with van der Waals surface area (Å²) in [6, 6.07) is 8.27. The second-order valence-electron chi connectivity index (χ2n) is 9.13. The van der Waals surface area contributed by atoms with Gasteiger partial charge in [0.05, 0.1) is 29.6 Å². The summed E-state index contributed by atoms with van der Waals surface area (Å²) in [5.74, 6) is 0.702. The van der Waals surface area contributed by atoms with Gasteiger partial charge < -0.3 is 30.2 Å². The molecular weight excluding hydrogens is 534 g/mol. The Morgan fingerprint density at radius 2 is 1.95 bits per heavy atom. The fourth-order valence-corrected chi connectivity index (χ4v) is 6.78. The van der Waals surface area contributed by atoms with Crippen molar-refractivity contribution in [1.82, 2.24) is 20.6 Å². The molecule has 11 heteroatoms. The molecule has 0 spiro atoms. The number of nitrogens with zero attached hydrogens (tertiary/aromatic N) is 2. The number of anilines is 1. The van der Waals surface area contributed by atoms with E-state index in [1.807, 2.05) is 12.3 Å². The number of carbonyl (C=O) groups excluding carboxylic acids is 1. The van der Waals surface area contributed by atoms with Crippen molar-refractivity contribution < 1.29 is 19.0 Å². The average molecular weight is 568 g/mol. The first-order valence-electron chi connectivity index (χ1n) is 13.0. The molecule has 5 rings (SSSR count). The van der Waals surface area contributed by atoms with Crippen LogP contribution in [0.25, 0.3) is 31.9 Å². The SMILES string of the molecule is COCCNCCC(=O)Nc1sc2c(c1-c1nc3cc(-c4cncc(OCCOC)c4)ccc3s1)CCNC2. The minimum atomic E-state index is -0.00350. The molecule has 0 bridgehead atoms. The number of rotatable bonds is 13. The Morgan fingerprint density at radius 1 is 1.05 bits per heavy atom. The Labute approximate surface area is 235 Å². The van der Waals surface area contributed by atoms with E-state index in [4.69, 9.17) is 19.2 Å². The Bertz CT molecular complexity index is 1420. The van der Waals surface area contributed by atoms with Gasteiger partial charge in [-0.1, -0.05) is 6.07 Å². The van der Waals surface area contributed by atoms with E-state index in [0.29, 0.717) is 38.5 Å². The molecule has 0 aliphatic carbocycles. The summed E-state index contributed by atoms with van der Waals surface area (Å²) in [6.07, 6.45) is 4.85. The lowest BCUT2D eigenvalue weighted by molar-refractivity contribution is -0.116. The average Bonchev–Trinajstić information content (AvgIpc) is 3.53. The Hall–Kier alpha value is -2.93.